The van der Waals surface area contributed by atoms with Crippen LogP contribution in [0, 0.1) is 0 Å². The Morgan fingerprint density at radius 3 is 2.62 bits per heavy atom. The fourth-order valence-corrected chi connectivity index (χ4v) is 4.11. The van der Waals surface area contributed by atoms with E-state index >= 15 is 0 Å². The van der Waals surface area contributed by atoms with E-state index in [1.807, 2.05) is 36.1 Å². The van der Waals surface area contributed by atoms with E-state index in [9.17, 15) is 4.79 Å². The first-order valence-corrected chi connectivity index (χ1v) is 9.67. The van der Waals surface area contributed by atoms with Gasteiger partial charge in [-0.1, -0.05) is 17.8 Å². The summed E-state index contributed by atoms with van der Waals surface area (Å²) >= 11 is 2.99. The first-order chi connectivity index (χ1) is 12.5. The summed E-state index contributed by atoms with van der Waals surface area (Å²) in [5.41, 5.74) is 0.572. The molecular weight excluding hydrogens is 370 g/mol. The molecule has 8 heteroatoms. The Balaban J connectivity index is 1.78. The average molecular weight is 390 g/mol. The SMILES string of the molecule is COc1ccc(C(=O)C(C)Sc2nnc(-c3cccs3)n2C)cc1OC. The van der Waals surface area contributed by atoms with Crippen molar-refractivity contribution in [3.8, 4) is 22.2 Å². The summed E-state index contributed by atoms with van der Waals surface area (Å²) in [6, 6.07) is 9.16. The number of aromatic nitrogens is 3. The molecule has 0 N–H and O–H groups in total. The Hall–Kier alpha value is -2.32. The molecule has 2 heterocycles. The van der Waals surface area contributed by atoms with Crippen molar-refractivity contribution in [1.82, 2.24) is 14.8 Å². The summed E-state index contributed by atoms with van der Waals surface area (Å²) in [7, 11) is 5.03. The Morgan fingerprint density at radius 2 is 1.96 bits per heavy atom. The van der Waals surface area contributed by atoms with E-state index in [2.05, 4.69) is 10.2 Å². The standard InChI is InChI=1S/C18H19N3O3S2/c1-11(16(22)12-7-8-13(23-3)14(10-12)24-4)26-18-20-19-17(21(18)2)15-6-5-9-25-15/h5-11H,1-4H3. The number of thiophene rings is 1. The van der Waals surface area contributed by atoms with Gasteiger partial charge in [-0.25, -0.2) is 0 Å². The predicted octanol–water partition coefficient (Wildman–Crippen LogP) is 3.92. The van der Waals surface area contributed by atoms with Gasteiger partial charge in [0.2, 0.25) is 0 Å². The summed E-state index contributed by atoms with van der Waals surface area (Å²) in [6.45, 7) is 1.86. The van der Waals surface area contributed by atoms with Gasteiger partial charge in [0.15, 0.2) is 28.3 Å². The molecule has 0 fully saturated rings. The number of carbonyl (C=O) groups excluding carboxylic acids is 1. The Bertz CT molecular complexity index is 907. The Kier molecular flexibility index (Phi) is 5.63. The maximum Gasteiger partial charge on any atom is 0.191 e. The minimum absolute atomic E-state index is 0.00312. The number of thioether (sulfide) groups is 1. The summed E-state index contributed by atoms with van der Waals surface area (Å²) in [6.07, 6.45) is 0. The summed E-state index contributed by atoms with van der Waals surface area (Å²) in [5, 5.41) is 10.9. The van der Waals surface area contributed by atoms with Crippen LogP contribution in [-0.2, 0) is 7.05 Å². The number of ether oxygens (including phenoxy) is 2. The zero-order chi connectivity index (χ0) is 18.7. The molecule has 6 nitrogen and oxygen atoms in total. The first kappa shape index (κ1) is 18.5. The lowest BCUT2D eigenvalue weighted by Gasteiger charge is -2.12. The topological polar surface area (TPSA) is 66.2 Å². The van der Waals surface area contributed by atoms with Gasteiger partial charge in [0.25, 0.3) is 0 Å². The third-order valence-electron chi connectivity index (χ3n) is 3.90. The number of methoxy groups -OCH3 is 2. The summed E-state index contributed by atoms with van der Waals surface area (Å²) < 4.78 is 12.4. The van der Waals surface area contributed by atoms with Gasteiger partial charge in [0.1, 0.15) is 0 Å². The largest absolute Gasteiger partial charge is 0.493 e. The molecule has 0 aliphatic rings. The number of hydrogen-bond acceptors (Lipinski definition) is 7. The zero-order valence-corrected chi connectivity index (χ0v) is 16.6. The van der Waals surface area contributed by atoms with Crippen LogP contribution in [0.3, 0.4) is 0 Å². The lowest BCUT2D eigenvalue weighted by molar-refractivity contribution is 0.0993. The van der Waals surface area contributed by atoms with Crippen molar-refractivity contribution >= 4 is 28.9 Å². The van der Waals surface area contributed by atoms with Gasteiger partial charge in [0, 0.05) is 12.6 Å². The molecule has 1 unspecified atom stereocenters. The van der Waals surface area contributed by atoms with Gasteiger partial charge in [0.05, 0.1) is 24.3 Å². The molecule has 3 aromatic rings. The van der Waals surface area contributed by atoms with Crippen molar-refractivity contribution in [3.05, 3.63) is 41.3 Å². The van der Waals surface area contributed by atoms with Crippen LogP contribution in [0.25, 0.3) is 10.7 Å². The highest BCUT2D eigenvalue weighted by molar-refractivity contribution is 8.00. The molecule has 26 heavy (non-hydrogen) atoms. The van der Waals surface area contributed by atoms with Crippen molar-refractivity contribution in [1.29, 1.82) is 0 Å². The number of ketones is 1. The second kappa shape index (κ2) is 7.92. The average Bonchev–Trinajstić information content (AvgIpc) is 3.31. The monoisotopic (exact) mass is 389 g/mol. The number of hydrogen-bond donors (Lipinski definition) is 0. The van der Waals surface area contributed by atoms with Crippen LogP contribution in [0.2, 0.25) is 0 Å². The highest BCUT2D eigenvalue weighted by atomic mass is 32.2. The smallest absolute Gasteiger partial charge is 0.191 e. The van der Waals surface area contributed by atoms with Crippen LogP contribution in [0.4, 0.5) is 0 Å². The molecule has 0 bridgehead atoms. The summed E-state index contributed by atoms with van der Waals surface area (Å²) in [5.74, 6) is 1.93. The van der Waals surface area contributed by atoms with Crippen molar-refractivity contribution in [2.45, 2.75) is 17.3 Å². The van der Waals surface area contributed by atoms with E-state index in [-0.39, 0.29) is 11.0 Å². The van der Waals surface area contributed by atoms with Gasteiger partial charge in [-0.05, 0) is 36.6 Å². The fraction of sp³-hybridized carbons (Fsp3) is 0.278. The molecule has 136 valence electrons. The lowest BCUT2D eigenvalue weighted by Crippen LogP contribution is -2.14. The van der Waals surface area contributed by atoms with E-state index in [0.717, 1.165) is 10.7 Å². The Morgan fingerprint density at radius 1 is 1.19 bits per heavy atom. The maximum atomic E-state index is 12.8. The first-order valence-electron chi connectivity index (χ1n) is 7.91. The molecule has 0 spiro atoms. The van der Waals surface area contributed by atoms with Crippen molar-refractivity contribution in [3.63, 3.8) is 0 Å². The Labute approximate surface area is 160 Å². The molecule has 0 aliphatic heterocycles. The minimum atomic E-state index is -0.313. The van der Waals surface area contributed by atoms with Crippen molar-refractivity contribution in [2.24, 2.45) is 7.05 Å². The molecule has 0 saturated carbocycles. The van der Waals surface area contributed by atoms with Crippen LogP contribution in [0.15, 0.2) is 40.9 Å². The van der Waals surface area contributed by atoms with E-state index in [0.29, 0.717) is 22.2 Å². The quantitative estimate of drug-likeness (QED) is 0.451. The molecule has 3 rings (SSSR count). The highest BCUT2D eigenvalue weighted by Crippen LogP contribution is 2.31. The van der Waals surface area contributed by atoms with Crippen LogP contribution in [-0.4, -0.2) is 40.0 Å². The van der Waals surface area contributed by atoms with Gasteiger partial charge >= 0.3 is 0 Å². The molecule has 0 aliphatic carbocycles. The molecule has 0 saturated heterocycles. The maximum absolute atomic E-state index is 12.8. The number of nitrogens with zero attached hydrogens (tertiary/aromatic N) is 3. The van der Waals surface area contributed by atoms with Gasteiger partial charge < -0.3 is 14.0 Å². The fourth-order valence-electron chi connectivity index (χ4n) is 2.47. The van der Waals surface area contributed by atoms with Crippen LogP contribution < -0.4 is 9.47 Å². The molecule has 2 aromatic heterocycles. The number of Topliss-reactive ketones (excluding diaryl/α,β-unsaturated/α-hetero) is 1. The lowest BCUT2D eigenvalue weighted by atomic mass is 10.1. The van der Waals surface area contributed by atoms with Crippen molar-refractivity contribution < 1.29 is 14.3 Å². The van der Waals surface area contributed by atoms with Crippen LogP contribution >= 0.6 is 23.1 Å². The van der Waals surface area contributed by atoms with Gasteiger partial charge in [-0.15, -0.1) is 21.5 Å². The minimum Gasteiger partial charge on any atom is -0.493 e. The molecule has 1 aromatic carbocycles. The molecule has 1 atom stereocenters. The predicted molar refractivity (Wildman–Crippen MR) is 104 cm³/mol. The molecular formula is C18H19N3O3S2. The van der Waals surface area contributed by atoms with E-state index in [4.69, 9.17) is 9.47 Å². The third-order valence-corrected chi connectivity index (χ3v) is 5.90. The number of rotatable bonds is 7. The number of benzene rings is 1. The second-order valence-corrected chi connectivity index (χ2v) is 7.79. The van der Waals surface area contributed by atoms with E-state index in [1.54, 1.807) is 43.8 Å². The highest BCUT2D eigenvalue weighted by Gasteiger charge is 2.22. The van der Waals surface area contributed by atoms with Gasteiger partial charge in [-0.2, -0.15) is 0 Å². The molecule has 0 radical (unpaired) electrons. The molecule has 0 amide bonds. The second-order valence-electron chi connectivity index (χ2n) is 5.54. The van der Waals surface area contributed by atoms with Crippen molar-refractivity contribution in [2.75, 3.05) is 14.2 Å². The number of carbonyl (C=O) groups is 1. The van der Waals surface area contributed by atoms with Crippen LogP contribution in [0.5, 0.6) is 11.5 Å². The summed E-state index contributed by atoms with van der Waals surface area (Å²) in [4.78, 5) is 13.8. The third kappa shape index (κ3) is 3.61. The normalized spacial score (nSPS) is 12.0. The van der Waals surface area contributed by atoms with E-state index < -0.39 is 0 Å². The van der Waals surface area contributed by atoms with E-state index in [1.165, 1.54) is 11.8 Å². The zero-order valence-electron chi connectivity index (χ0n) is 14.9. The van der Waals surface area contributed by atoms with Crippen LogP contribution in [0.1, 0.15) is 17.3 Å². The van der Waals surface area contributed by atoms with Gasteiger partial charge in [-0.3, -0.25) is 4.79 Å².